The van der Waals surface area contributed by atoms with Crippen molar-refractivity contribution in [3.8, 4) is 0 Å². The lowest BCUT2D eigenvalue weighted by Gasteiger charge is -2.36. The largest absolute Gasteiger partial charge is 0.399 e. The third kappa shape index (κ3) is 7.15. The molecule has 0 radical (unpaired) electrons. The number of amides is 2. The summed E-state index contributed by atoms with van der Waals surface area (Å²) in [4.78, 5) is 28.5. The molecule has 1 saturated heterocycles. The molecule has 1 aliphatic rings. The second kappa shape index (κ2) is 12.2. The highest BCUT2D eigenvalue weighted by atomic mass is 35.5. The smallest absolute Gasteiger partial charge is 0.242 e. The second-order valence-corrected chi connectivity index (χ2v) is 6.68. The number of anilines is 2. The number of rotatable bonds is 6. The van der Waals surface area contributed by atoms with Gasteiger partial charge in [0, 0.05) is 44.0 Å². The average molecular weight is 439 g/mol. The molecule has 0 bridgehead atoms. The number of carbonyl (C=O) groups excluding carboxylic acids is 2. The van der Waals surface area contributed by atoms with E-state index in [1.807, 2.05) is 47.4 Å². The Hall–Kier alpha value is -2.44. The summed E-state index contributed by atoms with van der Waals surface area (Å²) >= 11 is 0. The van der Waals surface area contributed by atoms with Crippen LogP contribution in [0.4, 0.5) is 11.4 Å². The van der Waals surface area contributed by atoms with Gasteiger partial charge in [-0.15, -0.1) is 24.8 Å². The maximum Gasteiger partial charge on any atom is 0.242 e. The first-order valence-corrected chi connectivity index (χ1v) is 9.31. The minimum atomic E-state index is -0.130. The van der Waals surface area contributed by atoms with E-state index in [9.17, 15) is 9.59 Å². The van der Waals surface area contributed by atoms with Gasteiger partial charge >= 0.3 is 0 Å². The highest BCUT2D eigenvalue weighted by Gasteiger charge is 2.21. The van der Waals surface area contributed by atoms with Crippen molar-refractivity contribution in [2.45, 2.75) is 12.8 Å². The van der Waals surface area contributed by atoms with Gasteiger partial charge in [0.1, 0.15) is 0 Å². The Labute approximate surface area is 184 Å². The van der Waals surface area contributed by atoms with Crippen LogP contribution >= 0.6 is 24.8 Å². The Balaban J connectivity index is 0.00000210. The molecule has 0 saturated carbocycles. The highest BCUT2D eigenvalue weighted by molar-refractivity contribution is 5.86. The molecule has 29 heavy (non-hydrogen) atoms. The van der Waals surface area contributed by atoms with E-state index in [4.69, 9.17) is 5.73 Å². The normalized spacial score (nSPS) is 13.1. The molecular weight excluding hydrogens is 411 g/mol. The first kappa shape index (κ1) is 24.6. The number of hydrogen-bond donors (Lipinski definition) is 2. The van der Waals surface area contributed by atoms with Gasteiger partial charge in [-0.3, -0.25) is 9.59 Å². The molecule has 0 aliphatic carbocycles. The Bertz CT molecular complexity index is 781. The molecule has 6 nitrogen and oxygen atoms in total. The van der Waals surface area contributed by atoms with Gasteiger partial charge in [0.15, 0.2) is 0 Å². The molecule has 0 spiro atoms. The zero-order valence-corrected chi connectivity index (χ0v) is 17.9. The maximum atomic E-state index is 12.3. The van der Waals surface area contributed by atoms with Gasteiger partial charge < -0.3 is 20.9 Å². The zero-order valence-electron chi connectivity index (χ0n) is 16.3. The number of benzene rings is 2. The molecule has 0 unspecified atom stereocenters. The lowest BCUT2D eigenvalue weighted by atomic mass is 10.1. The Morgan fingerprint density at radius 1 is 0.897 bits per heavy atom. The summed E-state index contributed by atoms with van der Waals surface area (Å²) in [6.45, 7) is 3.00. The Morgan fingerprint density at radius 2 is 1.52 bits per heavy atom. The number of nitrogens with two attached hydrogens (primary N) is 1. The van der Waals surface area contributed by atoms with Crippen molar-refractivity contribution >= 4 is 48.0 Å². The van der Waals surface area contributed by atoms with Crippen LogP contribution in [-0.2, 0) is 16.0 Å². The number of aryl methyl sites for hydroxylation is 1. The van der Waals surface area contributed by atoms with Gasteiger partial charge in [0.2, 0.25) is 11.8 Å². The molecule has 1 aliphatic heterocycles. The number of carbonyl (C=O) groups is 2. The third-order valence-corrected chi connectivity index (χ3v) is 4.87. The topological polar surface area (TPSA) is 78.7 Å². The van der Waals surface area contributed by atoms with E-state index < -0.39 is 0 Å². The van der Waals surface area contributed by atoms with Crippen molar-refractivity contribution < 1.29 is 9.59 Å². The van der Waals surface area contributed by atoms with Crippen LogP contribution in [0.1, 0.15) is 12.0 Å². The van der Waals surface area contributed by atoms with Crippen LogP contribution in [0, 0.1) is 0 Å². The summed E-state index contributed by atoms with van der Waals surface area (Å²) in [5.74, 6) is -0.162. The van der Waals surface area contributed by atoms with Crippen LogP contribution in [0.25, 0.3) is 0 Å². The number of piperazine rings is 1. The Kier molecular flexibility index (Phi) is 10.3. The van der Waals surface area contributed by atoms with E-state index in [-0.39, 0.29) is 43.2 Å². The predicted molar refractivity (Wildman–Crippen MR) is 122 cm³/mol. The number of nitrogens with zero attached hydrogens (tertiary/aromatic N) is 2. The van der Waals surface area contributed by atoms with Crippen LogP contribution in [0.3, 0.4) is 0 Å². The van der Waals surface area contributed by atoms with Crippen LogP contribution in [0.5, 0.6) is 0 Å². The minimum Gasteiger partial charge on any atom is -0.399 e. The molecule has 2 aromatic rings. The number of halogens is 2. The van der Waals surface area contributed by atoms with Gasteiger partial charge in [-0.1, -0.05) is 36.4 Å². The summed E-state index contributed by atoms with van der Waals surface area (Å²) in [6.07, 6.45) is 0.895. The van der Waals surface area contributed by atoms with Crippen molar-refractivity contribution in [1.29, 1.82) is 0 Å². The summed E-state index contributed by atoms with van der Waals surface area (Å²) in [5, 5.41) is 2.73. The number of para-hydroxylation sites is 2. The summed E-state index contributed by atoms with van der Waals surface area (Å²) in [7, 11) is 0. The van der Waals surface area contributed by atoms with Gasteiger partial charge in [0.25, 0.3) is 0 Å². The molecule has 2 amide bonds. The van der Waals surface area contributed by atoms with E-state index in [2.05, 4.69) is 22.3 Å². The first-order chi connectivity index (χ1) is 13.1. The second-order valence-electron chi connectivity index (χ2n) is 6.68. The monoisotopic (exact) mass is 438 g/mol. The molecular formula is C21H28Cl2N4O2. The predicted octanol–water partition coefficient (Wildman–Crippen LogP) is 2.51. The molecule has 3 N–H and O–H groups in total. The molecule has 0 aromatic heterocycles. The molecule has 8 heteroatoms. The van der Waals surface area contributed by atoms with Crippen molar-refractivity contribution in [3.63, 3.8) is 0 Å². The zero-order chi connectivity index (χ0) is 19.1. The van der Waals surface area contributed by atoms with Crippen molar-refractivity contribution in [3.05, 3.63) is 60.2 Å². The third-order valence-electron chi connectivity index (χ3n) is 4.87. The van der Waals surface area contributed by atoms with E-state index in [0.717, 1.165) is 18.7 Å². The van der Waals surface area contributed by atoms with Crippen LogP contribution in [-0.4, -0.2) is 49.4 Å². The van der Waals surface area contributed by atoms with Crippen LogP contribution in [0.2, 0.25) is 0 Å². The van der Waals surface area contributed by atoms with Gasteiger partial charge in [-0.05, 0) is 30.2 Å². The van der Waals surface area contributed by atoms with E-state index >= 15 is 0 Å². The quantitative estimate of drug-likeness (QED) is 0.679. The van der Waals surface area contributed by atoms with Crippen molar-refractivity contribution in [2.24, 2.45) is 0 Å². The standard InChI is InChI=1S/C21H26N4O2.2ClH/c22-19-9-5-4-6-17(19)10-11-20(26)23-16-21(27)25-14-12-24(13-15-25)18-7-2-1-3-8-18;;/h1-9H,10-16,22H2,(H,23,26);2*1H. The summed E-state index contributed by atoms with van der Waals surface area (Å²) in [6, 6.07) is 17.7. The fourth-order valence-electron chi connectivity index (χ4n) is 3.24. The number of nitrogen functional groups attached to an aromatic ring is 1. The molecule has 158 valence electrons. The average Bonchev–Trinajstić information content (AvgIpc) is 2.72. The minimum absolute atomic E-state index is 0. The van der Waals surface area contributed by atoms with E-state index in [1.54, 1.807) is 0 Å². The first-order valence-electron chi connectivity index (χ1n) is 9.31. The van der Waals surface area contributed by atoms with E-state index in [1.165, 1.54) is 5.69 Å². The molecule has 3 rings (SSSR count). The number of hydrogen-bond acceptors (Lipinski definition) is 4. The van der Waals surface area contributed by atoms with Crippen LogP contribution in [0.15, 0.2) is 54.6 Å². The fourth-order valence-corrected chi connectivity index (χ4v) is 3.24. The molecule has 1 heterocycles. The number of nitrogens with one attached hydrogen (secondary N) is 1. The highest BCUT2D eigenvalue weighted by Crippen LogP contribution is 2.15. The molecule has 2 aromatic carbocycles. The maximum absolute atomic E-state index is 12.3. The summed E-state index contributed by atoms with van der Waals surface area (Å²) in [5.41, 5.74) is 8.71. The van der Waals surface area contributed by atoms with Gasteiger partial charge in [-0.25, -0.2) is 0 Å². The van der Waals surface area contributed by atoms with E-state index in [0.29, 0.717) is 31.6 Å². The lowest BCUT2D eigenvalue weighted by Crippen LogP contribution is -2.51. The van der Waals surface area contributed by atoms with Crippen molar-refractivity contribution in [2.75, 3.05) is 43.4 Å². The SMILES string of the molecule is Cl.Cl.Nc1ccccc1CCC(=O)NCC(=O)N1CCN(c2ccccc2)CC1. The molecule has 1 fully saturated rings. The van der Waals surface area contributed by atoms with Crippen LogP contribution < -0.4 is 16.0 Å². The summed E-state index contributed by atoms with van der Waals surface area (Å²) < 4.78 is 0. The lowest BCUT2D eigenvalue weighted by molar-refractivity contribution is -0.133. The Morgan fingerprint density at radius 3 is 2.17 bits per heavy atom. The van der Waals surface area contributed by atoms with Crippen molar-refractivity contribution in [1.82, 2.24) is 10.2 Å². The van der Waals surface area contributed by atoms with Gasteiger partial charge in [0.05, 0.1) is 6.54 Å². The molecule has 0 atom stereocenters. The van der Waals surface area contributed by atoms with Gasteiger partial charge in [-0.2, -0.15) is 0 Å². The fraction of sp³-hybridized carbons (Fsp3) is 0.333.